The average molecular weight is 283 g/mol. The van der Waals surface area contributed by atoms with E-state index < -0.39 is 17.8 Å². The molecule has 110 valence electrons. The molecule has 0 spiro atoms. The Bertz CT molecular complexity index is 511. The van der Waals surface area contributed by atoms with Gasteiger partial charge in [0.25, 0.3) is 0 Å². The van der Waals surface area contributed by atoms with Gasteiger partial charge in [-0.05, 0) is 6.92 Å². The molecule has 9 nitrogen and oxygen atoms in total. The van der Waals surface area contributed by atoms with Crippen molar-refractivity contribution in [3.8, 4) is 0 Å². The number of primary amides is 1. The topological polar surface area (TPSA) is 142 Å². The fourth-order valence-corrected chi connectivity index (χ4v) is 1.45. The van der Waals surface area contributed by atoms with Crippen molar-refractivity contribution >= 4 is 23.6 Å². The molecule has 2 amide bonds. The summed E-state index contributed by atoms with van der Waals surface area (Å²) >= 11 is 0. The van der Waals surface area contributed by atoms with Crippen molar-refractivity contribution in [1.29, 1.82) is 0 Å². The second kappa shape index (κ2) is 7.12. The van der Waals surface area contributed by atoms with Crippen molar-refractivity contribution in [2.24, 2.45) is 5.73 Å². The largest absolute Gasteiger partial charge is 0.465 e. The van der Waals surface area contributed by atoms with E-state index in [9.17, 15) is 14.4 Å². The third-order valence-electron chi connectivity index (χ3n) is 2.35. The number of nitrogen functional groups attached to an aromatic ring is 1. The first-order chi connectivity index (χ1) is 9.43. The lowest BCUT2D eigenvalue weighted by Gasteiger charge is -2.07. The molecule has 0 unspecified atom stereocenters. The highest BCUT2D eigenvalue weighted by atomic mass is 16.5. The van der Waals surface area contributed by atoms with Gasteiger partial charge >= 0.3 is 5.97 Å². The molecule has 20 heavy (non-hydrogen) atoms. The quantitative estimate of drug-likeness (QED) is 0.502. The van der Waals surface area contributed by atoms with Gasteiger partial charge in [-0.2, -0.15) is 0 Å². The number of carbonyl (C=O) groups excluding carboxylic acids is 3. The summed E-state index contributed by atoms with van der Waals surface area (Å²) in [6.45, 7) is 1.60. The number of esters is 1. The van der Waals surface area contributed by atoms with Crippen molar-refractivity contribution in [2.75, 3.05) is 18.9 Å². The lowest BCUT2D eigenvalue weighted by Crippen LogP contribution is -2.33. The van der Waals surface area contributed by atoms with Crippen LogP contribution >= 0.6 is 0 Å². The van der Waals surface area contributed by atoms with Gasteiger partial charge in [0.05, 0.1) is 25.0 Å². The normalized spacial score (nSPS) is 10.1. The highest BCUT2D eigenvalue weighted by Gasteiger charge is 2.13. The zero-order valence-electron chi connectivity index (χ0n) is 11.1. The number of hydrogen-bond acceptors (Lipinski definition) is 6. The standard InChI is InChI=1S/C11H17N5O4/c1-2-20-10(19)4-14-9(18)5-16-6-15-7(11(16)13)3-8(12)17/h6H,2-5,13H2,1H3,(H2,12,17)(H,14,18). The van der Waals surface area contributed by atoms with E-state index in [0.717, 1.165) is 0 Å². The van der Waals surface area contributed by atoms with Crippen molar-refractivity contribution in [1.82, 2.24) is 14.9 Å². The first-order valence-electron chi connectivity index (χ1n) is 5.94. The number of nitrogens with one attached hydrogen (secondary N) is 1. The predicted octanol–water partition coefficient (Wildman–Crippen LogP) is -1.83. The molecule has 0 aliphatic rings. The number of anilines is 1. The summed E-state index contributed by atoms with van der Waals surface area (Å²) < 4.78 is 6.03. The van der Waals surface area contributed by atoms with Gasteiger partial charge in [-0.1, -0.05) is 0 Å². The maximum Gasteiger partial charge on any atom is 0.325 e. The summed E-state index contributed by atoms with van der Waals surface area (Å²) in [6.07, 6.45) is 1.24. The number of nitrogens with zero attached hydrogens (tertiary/aromatic N) is 2. The van der Waals surface area contributed by atoms with Crippen LogP contribution in [0.1, 0.15) is 12.6 Å². The van der Waals surface area contributed by atoms with Crippen LogP contribution in [0.5, 0.6) is 0 Å². The minimum atomic E-state index is -0.561. The van der Waals surface area contributed by atoms with Crippen molar-refractivity contribution in [3.63, 3.8) is 0 Å². The molecule has 0 aromatic carbocycles. The second-order valence-corrected chi connectivity index (χ2v) is 3.93. The van der Waals surface area contributed by atoms with Crippen LogP contribution in [-0.2, 0) is 32.1 Å². The van der Waals surface area contributed by atoms with E-state index in [2.05, 4.69) is 15.0 Å². The fraction of sp³-hybridized carbons (Fsp3) is 0.455. The first-order valence-corrected chi connectivity index (χ1v) is 5.94. The van der Waals surface area contributed by atoms with E-state index in [1.165, 1.54) is 10.9 Å². The predicted molar refractivity (Wildman–Crippen MR) is 69.2 cm³/mol. The number of hydrogen-bond donors (Lipinski definition) is 3. The van der Waals surface area contributed by atoms with Gasteiger partial charge in [0.2, 0.25) is 11.8 Å². The molecule has 0 aliphatic carbocycles. The van der Waals surface area contributed by atoms with Gasteiger partial charge in [0.1, 0.15) is 18.9 Å². The summed E-state index contributed by atoms with van der Waals surface area (Å²) in [4.78, 5) is 37.3. The van der Waals surface area contributed by atoms with Crippen LogP contribution in [0.25, 0.3) is 0 Å². The zero-order valence-corrected chi connectivity index (χ0v) is 11.1. The Morgan fingerprint density at radius 3 is 2.75 bits per heavy atom. The molecule has 5 N–H and O–H groups in total. The summed E-state index contributed by atoms with van der Waals surface area (Å²) in [5, 5.41) is 2.38. The Kier molecular flexibility index (Phi) is 5.51. The second-order valence-electron chi connectivity index (χ2n) is 3.93. The minimum absolute atomic E-state index is 0.0940. The molecule has 0 bridgehead atoms. The van der Waals surface area contributed by atoms with Gasteiger partial charge in [-0.15, -0.1) is 0 Å². The third kappa shape index (κ3) is 4.59. The average Bonchev–Trinajstić information content (AvgIpc) is 2.69. The summed E-state index contributed by atoms with van der Waals surface area (Å²) in [5.74, 6) is -1.31. The molecule has 0 radical (unpaired) electrons. The Morgan fingerprint density at radius 1 is 1.45 bits per heavy atom. The van der Waals surface area contributed by atoms with E-state index in [4.69, 9.17) is 11.5 Å². The molecular weight excluding hydrogens is 266 g/mol. The molecule has 1 heterocycles. The molecule has 0 fully saturated rings. The van der Waals surface area contributed by atoms with Gasteiger partial charge in [-0.3, -0.25) is 14.4 Å². The Labute approximate surface area is 115 Å². The Balaban J connectivity index is 2.52. The van der Waals surface area contributed by atoms with E-state index >= 15 is 0 Å². The van der Waals surface area contributed by atoms with Crippen molar-refractivity contribution < 1.29 is 19.1 Å². The van der Waals surface area contributed by atoms with Crippen LogP contribution < -0.4 is 16.8 Å². The third-order valence-corrected chi connectivity index (χ3v) is 2.35. The van der Waals surface area contributed by atoms with Crippen LogP contribution in [0.4, 0.5) is 5.82 Å². The fourth-order valence-electron chi connectivity index (χ4n) is 1.45. The van der Waals surface area contributed by atoms with Crippen LogP contribution in [0.2, 0.25) is 0 Å². The lowest BCUT2D eigenvalue weighted by molar-refractivity contribution is -0.143. The minimum Gasteiger partial charge on any atom is -0.465 e. The number of rotatable bonds is 7. The van der Waals surface area contributed by atoms with E-state index in [1.54, 1.807) is 6.92 Å². The van der Waals surface area contributed by atoms with Crippen LogP contribution in [0, 0.1) is 0 Å². The smallest absolute Gasteiger partial charge is 0.325 e. The monoisotopic (exact) mass is 283 g/mol. The Hall–Kier alpha value is -2.58. The summed E-state index contributed by atoms with van der Waals surface area (Å²) in [7, 11) is 0. The summed E-state index contributed by atoms with van der Waals surface area (Å²) in [6, 6.07) is 0. The molecule has 0 saturated heterocycles. The molecule has 0 saturated carbocycles. The summed E-state index contributed by atoms with van der Waals surface area (Å²) in [5.41, 5.74) is 11.1. The zero-order chi connectivity index (χ0) is 15.1. The number of aromatic nitrogens is 2. The van der Waals surface area contributed by atoms with Gasteiger partial charge in [0.15, 0.2) is 0 Å². The molecule has 0 aliphatic heterocycles. The van der Waals surface area contributed by atoms with Gasteiger partial charge < -0.3 is 26.1 Å². The SMILES string of the molecule is CCOC(=O)CNC(=O)Cn1cnc(CC(N)=O)c1N. The van der Waals surface area contributed by atoms with Gasteiger partial charge in [0, 0.05) is 0 Å². The number of nitrogens with two attached hydrogens (primary N) is 2. The number of ether oxygens (including phenoxy) is 1. The number of imidazole rings is 1. The van der Waals surface area contributed by atoms with E-state index in [-0.39, 0.29) is 31.9 Å². The van der Waals surface area contributed by atoms with Crippen molar-refractivity contribution in [3.05, 3.63) is 12.0 Å². The lowest BCUT2D eigenvalue weighted by atomic mass is 10.3. The molecular formula is C11H17N5O4. The van der Waals surface area contributed by atoms with Crippen molar-refractivity contribution in [2.45, 2.75) is 19.9 Å². The van der Waals surface area contributed by atoms with E-state index in [1.807, 2.05) is 0 Å². The maximum atomic E-state index is 11.6. The molecule has 1 aromatic heterocycles. The van der Waals surface area contributed by atoms with Gasteiger partial charge in [-0.25, -0.2) is 4.98 Å². The van der Waals surface area contributed by atoms with Crippen LogP contribution in [0.3, 0.4) is 0 Å². The molecule has 0 atom stereocenters. The molecule has 9 heteroatoms. The highest BCUT2D eigenvalue weighted by molar-refractivity contribution is 5.82. The van der Waals surface area contributed by atoms with Crippen LogP contribution in [0.15, 0.2) is 6.33 Å². The highest BCUT2D eigenvalue weighted by Crippen LogP contribution is 2.10. The number of carbonyl (C=O) groups is 3. The molecule has 1 aromatic rings. The Morgan fingerprint density at radius 2 is 2.15 bits per heavy atom. The molecule has 1 rings (SSSR count). The van der Waals surface area contributed by atoms with E-state index in [0.29, 0.717) is 5.69 Å². The first kappa shape index (κ1) is 15.5. The maximum absolute atomic E-state index is 11.6. The number of amides is 2. The van der Waals surface area contributed by atoms with Crippen LogP contribution in [-0.4, -0.2) is 40.5 Å².